The van der Waals surface area contributed by atoms with Crippen LogP contribution in [0.1, 0.15) is 29.8 Å². The van der Waals surface area contributed by atoms with Gasteiger partial charge in [0.15, 0.2) is 0 Å². The summed E-state index contributed by atoms with van der Waals surface area (Å²) in [6.45, 7) is 4.14. The Morgan fingerprint density at radius 2 is 1.86 bits per heavy atom. The average molecular weight is 286 g/mol. The van der Waals surface area contributed by atoms with Crippen LogP contribution in [0.25, 0.3) is 0 Å². The first-order valence-corrected chi connectivity index (χ1v) is 6.77. The van der Waals surface area contributed by atoms with Gasteiger partial charge in [-0.15, -0.1) is 0 Å². The van der Waals surface area contributed by atoms with Crippen molar-refractivity contribution in [2.24, 2.45) is 0 Å². The zero-order valence-corrected chi connectivity index (χ0v) is 12.1. The predicted octanol–water partition coefficient (Wildman–Crippen LogP) is 3.75. The number of aromatic carboxylic acids is 1. The first-order chi connectivity index (χ1) is 10.1. The van der Waals surface area contributed by atoms with Crippen LogP contribution in [0.3, 0.4) is 0 Å². The molecule has 21 heavy (non-hydrogen) atoms. The van der Waals surface area contributed by atoms with Gasteiger partial charge in [-0.25, -0.2) is 4.79 Å². The highest BCUT2D eigenvalue weighted by Gasteiger charge is 2.13. The molecule has 0 atom stereocenters. The fourth-order valence-electron chi connectivity index (χ4n) is 1.88. The Morgan fingerprint density at radius 3 is 2.48 bits per heavy atom. The molecular weight excluding hydrogens is 268 g/mol. The maximum atomic E-state index is 11.2. The first kappa shape index (κ1) is 14.9. The molecule has 0 radical (unpaired) electrons. The lowest BCUT2D eigenvalue weighted by atomic mass is 10.2. The van der Waals surface area contributed by atoms with Gasteiger partial charge >= 0.3 is 5.97 Å². The lowest BCUT2D eigenvalue weighted by Crippen LogP contribution is -2.08. The Morgan fingerprint density at radius 1 is 1.14 bits per heavy atom. The summed E-state index contributed by atoms with van der Waals surface area (Å²) in [7, 11) is 0. The summed E-state index contributed by atoms with van der Waals surface area (Å²) in [5.74, 6) is -0.114. The molecule has 0 fully saturated rings. The number of hydrogen-bond donors (Lipinski definition) is 1. The smallest absolute Gasteiger partial charge is 0.339 e. The van der Waals surface area contributed by atoms with Gasteiger partial charge < -0.3 is 14.6 Å². The molecule has 0 heterocycles. The zero-order chi connectivity index (χ0) is 15.2. The molecule has 0 unspecified atom stereocenters. The van der Waals surface area contributed by atoms with E-state index in [1.807, 2.05) is 44.2 Å². The van der Waals surface area contributed by atoms with Gasteiger partial charge in [-0.1, -0.05) is 30.3 Å². The van der Waals surface area contributed by atoms with E-state index in [1.54, 1.807) is 12.1 Å². The van der Waals surface area contributed by atoms with Gasteiger partial charge in [0.1, 0.15) is 23.7 Å². The summed E-state index contributed by atoms with van der Waals surface area (Å²) < 4.78 is 11.2. The minimum absolute atomic E-state index is 0.0163. The van der Waals surface area contributed by atoms with E-state index < -0.39 is 5.97 Å². The van der Waals surface area contributed by atoms with E-state index in [-0.39, 0.29) is 11.7 Å². The molecule has 0 amide bonds. The third-order valence-electron chi connectivity index (χ3n) is 2.79. The van der Waals surface area contributed by atoms with Gasteiger partial charge in [0.2, 0.25) is 0 Å². The van der Waals surface area contributed by atoms with Gasteiger partial charge in [-0.05, 0) is 31.5 Å². The SMILES string of the molecule is CC(C)Oc1ccc(C(=O)O)c(OCc2ccccc2)c1. The summed E-state index contributed by atoms with van der Waals surface area (Å²) in [5.41, 5.74) is 1.10. The molecule has 0 aliphatic rings. The van der Waals surface area contributed by atoms with Crippen molar-refractivity contribution in [2.45, 2.75) is 26.6 Å². The Kier molecular flexibility index (Phi) is 4.82. The lowest BCUT2D eigenvalue weighted by Gasteiger charge is -2.13. The highest BCUT2D eigenvalue weighted by atomic mass is 16.5. The van der Waals surface area contributed by atoms with E-state index in [4.69, 9.17) is 9.47 Å². The van der Waals surface area contributed by atoms with Crippen LogP contribution in [-0.2, 0) is 6.61 Å². The molecule has 0 saturated carbocycles. The van der Waals surface area contributed by atoms with Crippen molar-refractivity contribution in [2.75, 3.05) is 0 Å². The van der Waals surface area contributed by atoms with Crippen molar-refractivity contribution in [1.29, 1.82) is 0 Å². The molecule has 2 rings (SSSR count). The van der Waals surface area contributed by atoms with E-state index in [0.29, 0.717) is 18.1 Å². The molecule has 0 aromatic heterocycles. The van der Waals surface area contributed by atoms with Gasteiger partial charge in [-0.3, -0.25) is 0 Å². The number of carboxylic acids is 1. The molecular formula is C17H18O4. The summed E-state index contributed by atoms with van der Waals surface area (Å²) in [6.07, 6.45) is 0.0163. The van der Waals surface area contributed by atoms with Crippen LogP contribution in [0.5, 0.6) is 11.5 Å². The summed E-state index contributed by atoms with van der Waals surface area (Å²) in [6, 6.07) is 14.4. The highest BCUT2D eigenvalue weighted by molar-refractivity contribution is 5.91. The van der Waals surface area contributed by atoms with Crippen molar-refractivity contribution >= 4 is 5.97 Å². The standard InChI is InChI=1S/C17H18O4/c1-12(2)21-14-8-9-15(17(18)19)16(10-14)20-11-13-6-4-3-5-7-13/h3-10,12H,11H2,1-2H3,(H,18,19). The second-order valence-corrected chi connectivity index (χ2v) is 4.90. The second-order valence-electron chi connectivity index (χ2n) is 4.90. The van der Waals surface area contributed by atoms with E-state index in [2.05, 4.69) is 0 Å². The van der Waals surface area contributed by atoms with Crippen LogP contribution in [0.15, 0.2) is 48.5 Å². The van der Waals surface area contributed by atoms with Gasteiger partial charge in [-0.2, -0.15) is 0 Å². The summed E-state index contributed by atoms with van der Waals surface area (Å²) in [5, 5.41) is 9.21. The average Bonchev–Trinajstić information content (AvgIpc) is 2.45. The summed E-state index contributed by atoms with van der Waals surface area (Å²) in [4.78, 5) is 11.2. The Hall–Kier alpha value is -2.49. The van der Waals surface area contributed by atoms with Crippen LogP contribution < -0.4 is 9.47 Å². The molecule has 4 heteroatoms. The molecule has 0 spiro atoms. The van der Waals surface area contributed by atoms with Crippen LogP contribution >= 0.6 is 0 Å². The molecule has 0 saturated heterocycles. The minimum Gasteiger partial charge on any atom is -0.491 e. The van der Waals surface area contributed by atoms with Crippen molar-refractivity contribution in [3.8, 4) is 11.5 Å². The number of hydrogen-bond acceptors (Lipinski definition) is 3. The largest absolute Gasteiger partial charge is 0.491 e. The van der Waals surface area contributed by atoms with E-state index in [9.17, 15) is 9.90 Å². The van der Waals surface area contributed by atoms with Crippen LogP contribution in [-0.4, -0.2) is 17.2 Å². The van der Waals surface area contributed by atoms with E-state index in [0.717, 1.165) is 5.56 Å². The number of ether oxygens (including phenoxy) is 2. The Bertz CT molecular complexity index is 605. The topological polar surface area (TPSA) is 55.8 Å². The van der Waals surface area contributed by atoms with Crippen LogP contribution in [0.4, 0.5) is 0 Å². The van der Waals surface area contributed by atoms with E-state index in [1.165, 1.54) is 6.07 Å². The fraction of sp³-hybridized carbons (Fsp3) is 0.235. The molecule has 1 N–H and O–H groups in total. The molecule has 0 bridgehead atoms. The van der Waals surface area contributed by atoms with Crippen LogP contribution in [0, 0.1) is 0 Å². The molecule has 110 valence electrons. The maximum absolute atomic E-state index is 11.2. The van der Waals surface area contributed by atoms with Gasteiger partial charge in [0.05, 0.1) is 6.10 Å². The van der Waals surface area contributed by atoms with Crippen molar-refractivity contribution < 1.29 is 19.4 Å². The quantitative estimate of drug-likeness (QED) is 0.878. The van der Waals surface area contributed by atoms with Gasteiger partial charge in [0, 0.05) is 6.07 Å². The Labute approximate surface area is 123 Å². The third kappa shape index (κ3) is 4.24. The molecule has 0 aliphatic heterocycles. The normalized spacial score (nSPS) is 10.4. The Balaban J connectivity index is 2.20. The number of carboxylic acid groups (broad SMARTS) is 1. The monoisotopic (exact) mass is 286 g/mol. The summed E-state index contributed by atoms with van der Waals surface area (Å²) >= 11 is 0. The maximum Gasteiger partial charge on any atom is 0.339 e. The fourth-order valence-corrected chi connectivity index (χ4v) is 1.88. The van der Waals surface area contributed by atoms with Crippen molar-refractivity contribution in [1.82, 2.24) is 0 Å². The van der Waals surface area contributed by atoms with E-state index >= 15 is 0 Å². The molecule has 2 aromatic rings. The van der Waals surface area contributed by atoms with Crippen molar-refractivity contribution in [3.63, 3.8) is 0 Å². The van der Waals surface area contributed by atoms with Crippen molar-refractivity contribution in [3.05, 3.63) is 59.7 Å². The first-order valence-electron chi connectivity index (χ1n) is 6.77. The number of rotatable bonds is 6. The minimum atomic E-state index is -1.02. The number of benzene rings is 2. The predicted molar refractivity (Wildman–Crippen MR) is 79.9 cm³/mol. The lowest BCUT2D eigenvalue weighted by molar-refractivity contribution is 0.0691. The zero-order valence-electron chi connectivity index (χ0n) is 12.1. The highest BCUT2D eigenvalue weighted by Crippen LogP contribution is 2.26. The molecule has 2 aromatic carbocycles. The second kappa shape index (κ2) is 6.79. The molecule has 0 aliphatic carbocycles. The third-order valence-corrected chi connectivity index (χ3v) is 2.79. The van der Waals surface area contributed by atoms with Crippen LogP contribution in [0.2, 0.25) is 0 Å². The van der Waals surface area contributed by atoms with Gasteiger partial charge in [0.25, 0.3) is 0 Å². The molecule has 4 nitrogen and oxygen atoms in total. The number of carbonyl (C=O) groups is 1.